The van der Waals surface area contributed by atoms with E-state index in [1.165, 1.54) is 0 Å². The van der Waals surface area contributed by atoms with Crippen LogP contribution >= 0.6 is 0 Å². The van der Waals surface area contributed by atoms with Crippen molar-refractivity contribution in [3.8, 4) is 5.75 Å². The van der Waals surface area contributed by atoms with Gasteiger partial charge < -0.3 is 9.47 Å². The third-order valence-corrected chi connectivity index (χ3v) is 3.07. The van der Waals surface area contributed by atoms with Gasteiger partial charge in [-0.3, -0.25) is 0 Å². The lowest BCUT2D eigenvalue weighted by Gasteiger charge is -2.07. The molecule has 3 nitrogen and oxygen atoms in total. The molecule has 2 aromatic rings. The Labute approximate surface area is 125 Å². The summed E-state index contributed by atoms with van der Waals surface area (Å²) in [6, 6.07) is 16.7. The highest BCUT2D eigenvalue weighted by molar-refractivity contribution is 5.89. The van der Waals surface area contributed by atoms with Crippen molar-refractivity contribution in [3.63, 3.8) is 0 Å². The van der Waals surface area contributed by atoms with E-state index in [9.17, 15) is 4.79 Å². The summed E-state index contributed by atoms with van der Waals surface area (Å²) in [5.41, 5.74) is 1.51. The zero-order valence-electron chi connectivity index (χ0n) is 12.2. The summed E-state index contributed by atoms with van der Waals surface area (Å²) in [5.74, 6) is 0.460. The Bertz CT molecular complexity index is 546. The number of unbranched alkanes of at least 4 members (excludes halogenated alkanes) is 1. The Balaban J connectivity index is 1.85. The van der Waals surface area contributed by atoms with Gasteiger partial charge in [0.15, 0.2) is 0 Å². The van der Waals surface area contributed by atoms with Crippen molar-refractivity contribution in [2.75, 3.05) is 6.61 Å². The molecule has 0 bridgehead atoms. The molecule has 0 atom stereocenters. The molecule has 21 heavy (non-hydrogen) atoms. The van der Waals surface area contributed by atoms with Crippen LogP contribution in [0.4, 0.5) is 0 Å². The fourth-order valence-electron chi connectivity index (χ4n) is 1.83. The van der Waals surface area contributed by atoms with E-state index >= 15 is 0 Å². The Morgan fingerprint density at radius 3 is 2.38 bits per heavy atom. The van der Waals surface area contributed by atoms with Crippen LogP contribution in [0.1, 0.15) is 35.7 Å². The number of rotatable bonds is 7. The van der Waals surface area contributed by atoms with Crippen LogP contribution in [0.15, 0.2) is 54.6 Å². The third-order valence-electron chi connectivity index (χ3n) is 3.07. The summed E-state index contributed by atoms with van der Waals surface area (Å²) in [7, 11) is 0. The highest BCUT2D eigenvalue weighted by atomic mass is 16.5. The normalized spacial score (nSPS) is 10.1. The summed E-state index contributed by atoms with van der Waals surface area (Å²) < 4.78 is 10.8. The minimum absolute atomic E-state index is 0.286. The molecule has 0 aliphatic carbocycles. The Morgan fingerprint density at radius 2 is 1.71 bits per heavy atom. The molecule has 0 heterocycles. The zero-order valence-corrected chi connectivity index (χ0v) is 12.2. The molecule has 0 saturated heterocycles. The van der Waals surface area contributed by atoms with E-state index in [0.29, 0.717) is 12.2 Å². The van der Waals surface area contributed by atoms with Crippen molar-refractivity contribution in [2.24, 2.45) is 0 Å². The smallest absolute Gasteiger partial charge is 0.338 e. The number of benzene rings is 2. The van der Waals surface area contributed by atoms with Gasteiger partial charge in [-0.15, -0.1) is 0 Å². The molecule has 3 heteroatoms. The molecular formula is C18H20O3. The average Bonchev–Trinajstić information content (AvgIpc) is 2.54. The van der Waals surface area contributed by atoms with Crippen LogP contribution in [0, 0.1) is 0 Å². The lowest BCUT2D eigenvalue weighted by atomic mass is 10.2. The largest absolute Gasteiger partial charge is 0.494 e. The predicted molar refractivity (Wildman–Crippen MR) is 82.4 cm³/mol. The predicted octanol–water partition coefficient (Wildman–Crippen LogP) is 4.22. The Morgan fingerprint density at radius 1 is 1.00 bits per heavy atom. The second-order valence-electron chi connectivity index (χ2n) is 4.79. The van der Waals surface area contributed by atoms with Crippen molar-refractivity contribution in [2.45, 2.75) is 26.4 Å². The zero-order chi connectivity index (χ0) is 14.9. The van der Waals surface area contributed by atoms with E-state index in [4.69, 9.17) is 9.47 Å². The van der Waals surface area contributed by atoms with Crippen molar-refractivity contribution in [1.29, 1.82) is 0 Å². The summed E-state index contributed by atoms with van der Waals surface area (Å²) in [4.78, 5) is 11.9. The first-order chi connectivity index (χ1) is 10.3. The first kappa shape index (κ1) is 15.1. The van der Waals surface area contributed by atoms with Gasteiger partial charge in [-0.05, 0) is 36.2 Å². The van der Waals surface area contributed by atoms with Crippen LogP contribution in [0.25, 0.3) is 0 Å². The summed E-state index contributed by atoms with van der Waals surface area (Å²) in [6.45, 7) is 3.11. The molecule has 0 aromatic heterocycles. The minimum Gasteiger partial charge on any atom is -0.494 e. The number of ether oxygens (including phenoxy) is 2. The van der Waals surface area contributed by atoms with Gasteiger partial charge in [0.2, 0.25) is 0 Å². The standard InChI is InChI=1S/C18H20O3/c1-2-3-13-20-17-11-9-16(10-12-17)18(19)21-14-15-7-5-4-6-8-15/h4-12H,2-3,13-14H2,1H3. The lowest BCUT2D eigenvalue weighted by molar-refractivity contribution is 0.0472. The second kappa shape index (κ2) is 8.10. The highest BCUT2D eigenvalue weighted by Gasteiger charge is 2.07. The molecule has 0 amide bonds. The maximum Gasteiger partial charge on any atom is 0.338 e. The first-order valence-electron chi connectivity index (χ1n) is 7.23. The van der Waals surface area contributed by atoms with Gasteiger partial charge in [0, 0.05) is 0 Å². The summed E-state index contributed by atoms with van der Waals surface area (Å²) in [6.07, 6.45) is 2.13. The van der Waals surface area contributed by atoms with Crippen LogP contribution < -0.4 is 4.74 Å². The van der Waals surface area contributed by atoms with Gasteiger partial charge in [0.1, 0.15) is 12.4 Å². The third kappa shape index (κ3) is 4.95. The van der Waals surface area contributed by atoms with Crippen molar-refractivity contribution < 1.29 is 14.3 Å². The van der Waals surface area contributed by atoms with Crippen molar-refractivity contribution >= 4 is 5.97 Å². The molecule has 0 fully saturated rings. The fraction of sp³-hybridized carbons (Fsp3) is 0.278. The molecule has 0 radical (unpaired) electrons. The van der Waals surface area contributed by atoms with Crippen molar-refractivity contribution in [3.05, 3.63) is 65.7 Å². The molecule has 0 N–H and O–H groups in total. The molecule has 2 rings (SSSR count). The number of carbonyl (C=O) groups excluding carboxylic acids is 1. The van der Waals surface area contributed by atoms with E-state index < -0.39 is 0 Å². The molecule has 0 saturated carbocycles. The van der Waals surface area contributed by atoms with Gasteiger partial charge in [-0.2, -0.15) is 0 Å². The number of esters is 1. The number of hydrogen-bond donors (Lipinski definition) is 0. The van der Waals surface area contributed by atoms with E-state index in [2.05, 4.69) is 6.92 Å². The second-order valence-corrected chi connectivity index (χ2v) is 4.79. The van der Waals surface area contributed by atoms with Gasteiger partial charge in [-0.1, -0.05) is 43.7 Å². The van der Waals surface area contributed by atoms with Crippen LogP contribution in [0.5, 0.6) is 5.75 Å². The van der Waals surface area contributed by atoms with Crippen molar-refractivity contribution in [1.82, 2.24) is 0 Å². The number of hydrogen-bond acceptors (Lipinski definition) is 3. The monoisotopic (exact) mass is 284 g/mol. The first-order valence-corrected chi connectivity index (χ1v) is 7.23. The number of carbonyl (C=O) groups is 1. The maximum absolute atomic E-state index is 11.9. The summed E-state index contributed by atoms with van der Waals surface area (Å²) >= 11 is 0. The average molecular weight is 284 g/mol. The van der Waals surface area contributed by atoms with Crippen LogP contribution in [-0.2, 0) is 11.3 Å². The molecular weight excluding hydrogens is 264 g/mol. The SMILES string of the molecule is CCCCOc1ccc(C(=O)OCc2ccccc2)cc1. The lowest BCUT2D eigenvalue weighted by Crippen LogP contribution is -2.05. The van der Waals surface area contributed by atoms with E-state index in [1.54, 1.807) is 24.3 Å². The fourth-order valence-corrected chi connectivity index (χ4v) is 1.83. The minimum atomic E-state index is -0.320. The van der Waals surface area contributed by atoms with Gasteiger partial charge in [-0.25, -0.2) is 4.79 Å². The van der Waals surface area contributed by atoms with Crippen LogP contribution in [0.2, 0.25) is 0 Å². The van der Waals surface area contributed by atoms with E-state index in [-0.39, 0.29) is 12.6 Å². The van der Waals surface area contributed by atoms with Gasteiger partial charge in [0.25, 0.3) is 0 Å². The maximum atomic E-state index is 11.9. The van der Waals surface area contributed by atoms with Gasteiger partial charge in [0.05, 0.1) is 12.2 Å². The van der Waals surface area contributed by atoms with Crippen LogP contribution in [-0.4, -0.2) is 12.6 Å². The molecule has 0 spiro atoms. The Hall–Kier alpha value is -2.29. The van der Waals surface area contributed by atoms with Crippen LogP contribution in [0.3, 0.4) is 0 Å². The highest BCUT2D eigenvalue weighted by Crippen LogP contribution is 2.14. The quantitative estimate of drug-likeness (QED) is 0.564. The summed E-state index contributed by atoms with van der Waals surface area (Å²) in [5, 5.41) is 0. The molecule has 110 valence electrons. The molecule has 0 aliphatic heterocycles. The van der Waals surface area contributed by atoms with E-state index in [0.717, 1.165) is 24.2 Å². The van der Waals surface area contributed by atoms with Gasteiger partial charge >= 0.3 is 5.97 Å². The molecule has 0 aliphatic rings. The Kier molecular flexibility index (Phi) is 5.83. The molecule has 2 aromatic carbocycles. The molecule has 0 unspecified atom stereocenters. The van der Waals surface area contributed by atoms with E-state index in [1.807, 2.05) is 30.3 Å². The topological polar surface area (TPSA) is 35.5 Å².